The SMILES string of the molecule is CCN1CCN(c2ncnc3sc(C(=O)N4CCN(c5ncccn5)CC4)c(C)c23)CC1. The fourth-order valence-electron chi connectivity index (χ4n) is 4.48. The second kappa shape index (κ2) is 8.95. The molecule has 1 amide bonds. The Morgan fingerprint density at radius 3 is 2.31 bits per heavy atom. The summed E-state index contributed by atoms with van der Waals surface area (Å²) in [6.45, 7) is 12.0. The number of fused-ring (bicyclic) bond motifs is 1. The molecule has 32 heavy (non-hydrogen) atoms. The number of piperazine rings is 2. The topological polar surface area (TPSA) is 81.6 Å². The summed E-state index contributed by atoms with van der Waals surface area (Å²) >= 11 is 1.49. The number of hydrogen-bond acceptors (Lipinski definition) is 9. The van der Waals surface area contributed by atoms with Crippen LogP contribution >= 0.6 is 11.3 Å². The number of carbonyl (C=O) groups excluding carboxylic acids is 1. The molecule has 10 heteroatoms. The lowest BCUT2D eigenvalue weighted by Crippen LogP contribution is -2.49. The lowest BCUT2D eigenvalue weighted by Gasteiger charge is -2.35. The van der Waals surface area contributed by atoms with Gasteiger partial charge in [-0.25, -0.2) is 19.9 Å². The lowest BCUT2D eigenvalue weighted by atomic mass is 10.1. The van der Waals surface area contributed by atoms with Crippen LogP contribution < -0.4 is 9.80 Å². The number of aromatic nitrogens is 4. The van der Waals surface area contributed by atoms with Crippen LogP contribution in [0.15, 0.2) is 24.8 Å². The first-order valence-corrected chi connectivity index (χ1v) is 12.0. The Bertz CT molecular complexity index is 1090. The minimum absolute atomic E-state index is 0.0842. The average molecular weight is 453 g/mol. The fraction of sp³-hybridized carbons (Fsp3) is 0.500. The molecule has 3 aromatic heterocycles. The van der Waals surface area contributed by atoms with E-state index in [4.69, 9.17) is 0 Å². The third-order valence-corrected chi connectivity index (χ3v) is 7.61. The zero-order valence-corrected chi connectivity index (χ0v) is 19.4. The number of aryl methyl sites for hydroxylation is 1. The van der Waals surface area contributed by atoms with E-state index in [2.05, 4.69) is 41.6 Å². The third kappa shape index (κ3) is 3.88. The van der Waals surface area contributed by atoms with Crippen molar-refractivity contribution in [2.75, 3.05) is 68.7 Å². The van der Waals surface area contributed by atoms with E-state index in [1.807, 2.05) is 17.9 Å². The molecule has 168 valence electrons. The van der Waals surface area contributed by atoms with Crippen molar-refractivity contribution in [1.29, 1.82) is 0 Å². The Labute approximate surface area is 191 Å². The van der Waals surface area contributed by atoms with Gasteiger partial charge in [0, 0.05) is 64.8 Å². The molecule has 0 spiro atoms. The first-order valence-electron chi connectivity index (χ1n) is 11.2. The van der Waals surface area contributed by atoms with Gasteiger partial charge < -0.3 is 19.6 Å². The number of hydrogen-bond donors (Lipinski definition) is 0. The van der Waals surface area contributed by atoms with Gasteiger partial charge in [-0.2, -0.15) is 0 Å². The number of likely N-dealkylation sites (N-methyl/N-ethyl adjacent to an activating group) is 1. The number of anilines is 2. The molecular weight excluding hydrogens is 424 g/mol. The quantitative estimate of drug-likeness (QED) is 0.594. The zero-order chi connectivity index (χ0) is 22.1. The van der Waals surface area contributed by atoms with Crippen molar-refractivity contribution in [1.82, 2.24) is 29.7 Å². The number of thiophene rings is 1. The number of carbonyl (C=O) groups is 1. The molecule has 0 atom stereocenters. The van der Waals surface area contributed by atoms with Crippen LogP contribution in [0.3, 0.4) is 0 Å². The average Bonchev–Trinajstić information content (AvgIpc) is 3.21. The number of rotatable bonds is 4. The summed E-state index contributed by atoms with van der Waals surface area (Å²) in [6, 6.07) is 1.81. The molecule has 0 saturated carbocycles. The summed E-state index contributed by atoms with van der Waals surface area (Å²) in [4.78, 5) is 41.7. The van der Waals surface area contributed by atoms with Gasteiger partial charge in [-0.05, 0) is 25.1 Å². The molecule has 0 unspecified atom stereocenters. The lowest BCUT2D eigenvalue weighted by molar-refractivity contribution is 0.0750. The minimum Gasteiger partial charge on any atom is -0.353 e. The Balaban J connectivity index is 1.35. The maximum Gasteiger partial charge on any atom is 0.264 e. The van der Waals surface area contributed by atoms with Crippen molar-refractivity contribution >= 4 is 39.2 Å². The molecule has 0 aromatic carbocycles. The van der Waals surface area contributed by atoms with E-state index in [1.165, 1.54) is 11.3 Å². The van der Waals surface area contributed by atoms with Crippen LogP contribution in [0.4, 0.5) is 11.8 Å². The van der Waals surface area contributed by atoms with Gasteiger partial charge in [-0.3, -0.25) is 4.79 Å². The van der Waals surface area contributed by atoms with E-state index in [0.717, 1.165) is 78.2 Å². The standard InChI is InChI=1S/C22H28N8OS/c1-3-27-7-9-28(10-8-27)19-17-16(2)18(32-20(17)26-15-25-19)21(31)29-11-13-30(14-12-29)22-23-5-4-6-24-22/h4-6,15H,3,7-14H2,1-2H3. The second-order valence-corrected chi connectivity index (χ2v) is 9.18. The molecule has 2 fully saturated rings. The molecule has 2 aliphatic rings. The molecule has 2 aliphatic heterocycles. The maximum atomic E-state index is 13.4. The summed E-state index contributed by atoms with van der Waals surface area (Å²) in [5.74, 6) is 1.77. The van der Waals surface area contributed by atoms with E-state index in [9.17, 15) is 4.79 Å². The predicted molar refractivity (Wildman–Crippen MR) is 127 cm³/mol. The monoisotopic (exact) mass is 452 g/mol. The minimum atomic E-state index is 0.0842. The van der Waals surface area contributed by atoms with Gasteiger partial charge in [-0.15, -0.1) is 11.3 Å². The molecule has 0 bridgehead atoms. The van der Waals surface area contributed by atoms with E-state index >= 15 is 0 Å². The largest absolute Gasteiger partial charge is 0.353 e. The van der Waals surface area contributed by atoms with Gasteiger partial charge in [0.25, 0.3) is 5.91 Å². The van der Waals surface area contributed by atoms with E-state index in [1.54, 1.807) is 18.7 Å². The highest BCUT2D eigenvalue weighted by Gasteiger charge is 2.28. The molecule has 5 rings (SSSR count). The van der Waals surface area contributed by atoms with Crippen molar-refractivity contribution in [3.8, 4) is 0 Å². The molecule has 5 heterocycles. The summed E-state index contributed by atoms with van der Waals surface area (Å²) < 4.78 is 0. The van der Waals surface area contributed by atoms with Crippen LogP contribution in [-0.2, 0) is 0 Å². The molecule has 0 N–H and O–H groups in total. The van der Waals surface area contributed by atoms with Crippen LogP contribution in [0.5, 0.6) is 0 Å². The number of nitrogens with zero attached hydrogens (tertiary/aromatic N) is 8. The van der Waals surface area contributed by atoms with Crippen LogP contribution in [0.25, 0.3) is 10.2 Å². The van der Waals surface area contributed by atoms with E-state index in [0.29, 0.717) is 13.1 Å². The van der Waals surface area contributed by atoms with Gasteiger partial charge in [-0.1, -0.05) is 6.92 Å². The highest BCUT2D eigenvalue weighted by atomic mass is 32.1. The highest BCUT2D eigenvalue weighted by molar-refractivity contribution is 7.20. The Morgan fingerprint density at radius 2 is 1.62 bits per heavy atom. The van der Waals surface area contributed by atoms with Gasteiger partial charge in [0.1, 0.15) is 17.0 Å². The Morgan fingerprint density at radius 1 is 0.938 bits per heavy atom. The van der Waals surface area contributed by atoms with Crippen molar-refractivity contribution in [2.24, 2.45) is 0 Å². The van der Waals surface area contributed by atoms with Gasteiger partial charge in [0.05, 0.1) is 10.3 Å². The predicted octanol–water partition coefficient (Wildman–Crippen LogP) is 1.89. The van der Waals surface area contributed by atoms with E-state index < -0.39 is 0 Å². The van der Waals surface area contributed by atoms with Gasteiger partial charge >= 0.3 is 0 Å². The molecule has 2 saturated heterocycles. The smallest absolute Gasteiger partial charge is 0.264 e. The summed E-state index contributed by atoms with van der Waals surface area (Å²) in [6.07, 6.45) is 5.13. The van der Waals surface area contributed by atoms with E-state index in [-0.39, 0.29) is 5.91 Å². The number of amides is 1. The van der Waals surface area contributed by atoms with Crippen LogP contribution in [-0.4, -0.2) is 94.5 Å². The molecule has 3 aromatic rings. The molecule has 0 aliphatic carbocycles. The third-order valence-electron chi connectivity index (χ3n) is 6.42. The zero-order valence-electron chi connectivity index (χ0n) is 18.6. The fourth-order valence-corrected chi connectivity index (χ4v) is 5.59. The maximum absolute atomic E-state index is 13.4. The highest BCUT2D eigenvalue weighted by Crippen LogP contribution is 2.36. The summed E-state index contributed by atoms with van der Waals surface area (Å²) in [5, 5.41) is 1.03. The molecular formula is C22H28N8OS. The first-order chi connectivity index (χ1) is 15.7. The Kier molecular flexibility index (Phi) is 5.88. The van der Waals surface area contributed by atoms with Crippen LogP contribution in [0.1, 0.15) is 22.2 Å². The first kappa shape index (κ1) is 21.0. The van der Waals surface area contributed by atoms with Gasteiger partial charge in [0.15, 0.2) is 0 Å². The van der Waals surface area contributed by atoms with Crippen LogP contribution in [0, 0.1) is 6.92 Å². The van der Waals surface area contributed by atoms with Crippen molar-refractivity contribution < 1.29 is 4.79 Å². The van der Waals surface area contributed by atoms with Crippen molar-refractivity contribution in [2.45, 2.75) is 13.8 Å². The van der Waals surface area contributed by atoms with Crippen molar-refractivity contribution in [3.05, 3.63) is 35.2 Å². The Hall–Kier alpha value is -2.85. The summed E-state index contributed by atoms with van der Waals surface area (Å²) in [7, 11) is 0. The summed E-state index contributed by atoms with van der Waals surface area (Å²) in [5.41, 5.74) is 0.998. The normalized spacial score (nSPS) is 17.9. The van der Waals surface area contributed by atoms with Crippen molar-refractivity contribution in [3.63, 3.8) is 0 Å². The van der Waals surface area contributed by atoms with Gasteiger partial charge in [0.2, 0.25) is 5.95 Å². The molecule has 9 nitrogen and oxygen atoms in total. The molecule has 0 radical (unpaired) electrons. The second-order valence-electron chi connectivity index (χ2n) is 8.18. The van der Waals surface area contributed by atoms with Crippen LogP contribution in [0.2, 0.25) is 0 Å².